The van der Waals surface area contributed by atoms with Crippen LogP contribution in [0.4, 0.5) is 17.6 Å². The lowest BCUT2D eigenvalue weighted by Gasteiger charge is -2.10. The second kappa shape index (κ2) is 8.58. The normalized spacial score (nSPS) is 14.9. The van der Waals surface area contributed by atoms with Crippen LogP contribution in [0.5, 0.6) is 11.5 Å². The van der Waals surface area contributed by atoms with Crippen LogP contribution in [0.25, 0.3) is 0 Å². The summed E-state index contributed by atoms with van der Waals surface area (Å²) < 4.78 is 11.4. The van der Waals surface area contributed by atoms with Crippen LogP contribution >= 0.6 is 11.6 Å². The van der Waals surface area contributed by atoms with E-state index in [4.69, 9.17) is 21.1 Å². The van der Waals surface area contributed by atoms with Gasteiger partial charge in [0.25, 0.3) is 0 Å². The molecule has 0 unspecified atom stereocenters. The van der Waals surface area contributed by atoms with E-state index in [1.165, 1.54) is 0 Å². The molecule has 3 aromatic rings. The molecule has 5 rings (SSSR count). The van der Waals surface area contributed by atoms with Crippen molar-refractivity contribution in [2.24, 2.45) is 0 Å². The van der Waals surface area contributed by atoms with E-state index in [1.807, 2.05) is 60.7 Å². The minimum Gasteiger partial charge on any atom is -0.490 e. The molecule has 28 heavy (non-hydrogen) atoms. The van der Waals surface area contributed by atoms with E-state index >= 15 is 0 Å². The number of ether oxygens (including phenoxy) is 2. The van der Waals surface area contributed by atoms with Crippen LogP contribution in [0.15, 0.2) is 60.7 Å². The number of benzene rings is 2. The number of fused-ring (bicyclic) bond motifs is 7. The molecule has 2 N–H and O–H groups in total. The average Bonchev–Trinajstić information content (AvgIpc) is 2.69. The maximum atomic E-state index is 6.05. The third-order valence-corrected chi connectivity index (χ3v) is 4.10. The SMILES string of the molecule is Clc1nc2nc(n1)Nc1cccc(c1)OC/C=C/COc1ccc(cc1)CN2. The van der Waals surface area contributed by atoms with E-state index in [0.717, 1.165) is 22.7 Å². The molecule has 2 aromatic carbocycles. The van der Waals surface area contributed by atoms with Gasteiger partial charge in [-0.3, -0.25) is 0 Å². The zero-order valence-electron chi connectivity index (χ0n) is 14.9. The zero-order valence-corrected chi connectivity index (χ0v) is 15.7. The van der Waals surface area contributed by atoms with Gasteiger partial charge in [-0.25, -0.2) is 0 Å². The van der Waals surface area contributed by atoms with Gasteiger partial charge < -0.3 is 20.1 Å². The van der Waals surface area contributed by atoms with Crippen molar-refractivity contribution < 1.29 is 9.47 Å². The first-order valence-corrected chi connectivity index (χ1v) is 9.14. The van der Waals surface area contributed by atoms with Crippen molar-refractivity contribution in [3.63, 3.8) is 0 Å². The molecule has 0 aliphatic carbocycles. The molecule has 0 fully saturated rings. The molecular formula is C20H18ClN5O2. The van der Waals surface area contributed by atoms with E-state index in [9.17, 15) is 0 Å². The molecule has 7 nitrogen and oxygen atoms in total. The molecule has 3 heterocycles. The molecule has 0 saturated carbocycles. The highest BCUT2D eigenvalue weighted by Gasteiger charge is 2.07. The standard InChI is InChI=1S/C20H18ClN5O2/c21-18-24-19-22-13-14-6-8-16(9-7-14)27-10-1-2-11-28-17-5-3-4-15(12-17)23-20(25-18)26-19/h1-9,12H,10-11,13H2,(H2,22,23,24,25,26)/b2-1+. The van der Waals surface area contributed by atoms with Gasteiger partial charge in [0.1, 0.15) is 24.7 Å². The minimum absolute atomic E-state index is 0.104. The molecule has 2 aliphatic rings. The van der Waals surface area contributed by atoms with Gasteiger partial charge >= 0.3 is 0 Å². The van der Waals surface area contributed by atoms with E-state index in [1.54, 1.807) is 0 Å². The van der Waals surface area contributed by atoms with Gasteiger partial charge in [0.05, 0.1) is 0 Å². The molecule has 0 atom stereocenters. The van der Waals surface area contributed by atoms with E-state index < -0.39 is 0 Å². The molecule has 6 bridgehead atoms. The first-order chi connectivity index (χ1) is 13.7. The van der Waals surface area contributed by atoms with Crippen LogP contribution in [-0.4, -0.2) is 28.2 Å². The van der Waals surface area contributed by atoms with E-state index in [2.05, 4.69) is 25.6 Å². The van der Waals surface area contributed by atoms with Gasteiger partial charge in [0, 0.05) is 18.3 Å². The topological polar surface area (TPSA) is 81.2 Å². The monoisotopic (exact) mass is 395 g/mol. The van der Waals surface area contributed by atoms with Crippen molar-refractivity contribution in [3.8, 4) is 11.5 Å². The van der Waals surface area contributed by atoms with Crippen LogP contribution in [-0.2, 0) is 6.54 Å². The van der Waals surface area contributed by atoms with Gasteiger partial charge in [0.15, 0.2) is 0 Å². The van der Waals surface area contributed by atoms with E-state index in [0.29, 0.717) is 31.7 Å². The molecule has 0 spiro atoms. The Bertz CT molecular complexity index is 979. The summed E-state index contributed by atoms with van der Waals surface area (Å²) in [4.78, 5) is 12.6. The summed E-state index contributed by atoms with van der Waals surface area (Å²) in [6.07, 6.45) is 3.85. The molecule has 0 saturated heterocycles. The summed E-state index contributed by atoms with van der Waals surface area (Å²) in [5.41, 5.74) is 1.85. The Balaban J connectivity index is 1.61. The highest BCUT2D eigenvalue weighted by Crippen LogP contribution is 2.21. The highest BCUT2D eigenvalue weighted by molar-refractivity contribution is 6.28. The molecular weight excluding hydrogens is 378 g/mol. The summed E-state index contributed by atoms with van der Waals surface area (Å²) in [7, 11) is 0. The number of hydrogen-bond acceptors (Lipinski definition) is 7. The smallest absolute Gasteiger partial charge is 0.233 e. The maximum Gasteiger partial charge on any atom is 0.233 e. The lowest BCUT2D eigenvalue weighted by atomic mass is 10.2. The number of anilines is 3. The maximum absolute atomic E-state index is 6.05. The van der Waals surface area contributed by atoms with Gasteiger partial charge in [-0.2, -0.15) is 15.0 Å². The third kappa shape index (κ3) is 4.89. The van der Waals surface area contributed by atoms with Crippen LogP contribution < -0.4 is 20.1 Å². The number of nitrogens with zero attached hydrogens (tertiary/aromatic N) is 3. The molecule has 2 aliphatic heterocycles. The predicted molar refractivity (Wildman–Crippen MR) is 108 cm³/mol. The summed E-state index contributed by atoms with van der Waals surface area (Å²) >= 11 is 6.05. The van der Waals surface area contributed by atoms with Gasteiger partial charge in [-0.05, 0) is 53.6 Å². The summed E-state index contributed by atoms with van der Waals surface area (Å²) in [5.74, 6) is 2.26. The van der Waals surface area contributed by atoms with Gasteiger partial charge in [0.2, 0.25) is 17.2 Å². The van der Waals surface area contributed by atoms with Crippen LogP contribution in [0.2, 0.25) is 5.28 Å². The third-order valence-electron chi connectivity index (χ3n) is 3.93. The number of rotatable bonds is 0. The van der Waals surface area contributed by atoms with Crippen molar-refractivity contribution in [1.29, 1.82) is 0 Å². The average molecular weight is 396 g/mol. The summed E-state index contributed by atoms with van der Waals surface area (Å²) in [6, 6.07) is 15.3. The zero-order chi connectivity index (χ0) is 19.2. The van der Waals surface area contributed by atoms with E-state index in [-0.39, 0.29) is 5.28 Å². The molecule has 142 valence electrons. The number of aromatic nitrogens is 3. The fourth-order valence-corrected chi connectivity index (χ4v) is 2.75. The Morgan fingerprint density at radius 2 is 1.57 bits per heavy atom. The Morgan fingerprint density at radius 3 is 2.39 bits per heavy atom. The Kier molecular flexibility index (Phi) is 5.53. The van der Waals surface area contributed by atoms with Crippen molar-refractivity contribution in [2.75, 3.05) is 23.8 Å². The molecule has 0 amide bonds. The lowest BCUT2D eigenvalue weighted by Crippen LogP contribution is -2.07. The second-order valence-corrected chi connectivity index (χ2v) is 6.33. The van der Waals surface area contributed by atoms with Gasteiger partial charge in [-0.15, -0.1) is 0 Å². The predicted octanol–water partition coefficient (Wildman–Crippen LogP) is 4.21. The number of halogens is 1. The number of hydrogen-bond donors (Lipinski definition) is 2. The fraction of sp³-hybridized carbons (Fsp3) is 0.150. The summed E-state index contributed by atoms with van der Waals surface area (Å²) in [6.45, 7) is 1.47. The molecule has 0 radical (unpaired) electrons. The Labute approximate surface area is 167 Å². The fourth-order valence-electron chi connectivity index (χ4n) is 2.59. The second-order valence-electron chi connectivity index (χ2n) is 6.00. The molecule has 1 aromatic heterocycles. The first kappa shape index (κ1) is 18.1. The van der Waals surface area contributed by atoms with Crippen LogP contribution in [0.3, 0.4) is 0 Å². The van der Waals surface area contributed by atoms with Crippen LogP contribution in [0, 0.1) is 0 Å². The minimum atomic E-state index is 0.104. The van der Waals surface area contributed by atoms with Crippen molar-refractivity contribution >= 4 is 29.2 Å². The van der Waals surface area contributed by atoms with Crippen LogP contribution in [0.1, 0.15) is 5.56 Å². The summed E-state index contributed by atoms with van der Waals surface area (Å²) in [5, 5.41) is 6.39. The van der Waals surface area contributed by atoms with Crippen molar-refractivity contribution in [2.45, 2.75) is 6.54 Å². The van der Waals surface area contributed by atoms with Gasteiger partial charge in [-0.1, -0.05) is 18.2 Å². The quantitative estimate of drug-likeness (QED) is 0.552. The van der Waals surface area contributed by atoms with Crippen molar-refractivity contribution in [3.05, 3.63) is 71.5 Å². The Hall–Kier alpha value is -3.32. The van der Waals surface area contributed by atoms with Crippen molar-refractivity contribution in [1.82, 2.24) is 15.0 Å². The largest absolute Gasteiger partial charge is 0.490 e. The highest BCUT2D eigenvalue weighted by atomic mass is 35.5. The first-order valence-electron chi connectivity index (χ1n) is 8.77. The lowest BCUT2D eigenvalue weighted by molar-refractivity contribution is 0.350. The molecule has 8 heteroatoms. The number of nitrogens with one attached hydrogen (secondary N) is 2. The Morgan fingerprint density at radius 1 is 0.821 bits per heavy atom.